The van der Waals surface area contributed by atoms with E-state index in [1.54, 1.807) is 6.07 Å². The van der Waals surface area contributed by atoms with E-state index in [9.17, 15) is 4.79 Å². The molecule has 4 heteroatoms. The highest BCUT2D eigenvalue weighted by Crippen LogP contribution is 2.23. The van der Waals surface area contributed by atoms with E-state index in [1.807, 2.05) is 26.0 Å². The second-order valence-corrected chi connectivity index (χ2v) is 3.06. The SMILES string of the molecule is CC.O=C1Nc2cc(S)ccc2CO1. The summed E-state index contributed by atoms with van der Waals surface area (Å²) in [5.41, 5.74) is 1.77. The number of carbonyl (C=O) groups is 1. The van der Waals surface area contributed by atoms with E-state index < -0.39 is 6.09 Å². The number of anilines is 1. The van der Waals surface area contributed by atoms with Gasteiger partial charge in [0.1, 0.15) is 6.61 Å². The zero-order valence-electron chi connectivity index (χ0n) is 8.20. The molecule has 14 heavy (non-hydrogen) atoms. The van der Waals surface area contributed by atoms with Gasteiger partial charge in [-0.1, -0.05) is 19.9 Å². The number of cyclic esters (lactones) is 1. The van der Waals surface area contributed by atoms with Crippen LogP contribution in [0.25, 0.3) is 0 Å². The Bertz CT molecular complexity index is 339. The lowest BCUT2D eigenvalue weighted by Crippen LogP contribution is -2.20. The fraction of sp³-hybridized carbons (Fsp3) is 0.300. The first-order valence-electron chi connectivity index (χ1n) is 4.51. The molecular weight excluding hydrogens is 198 g/mol. The van der Waals surface area contributed by atoms with Crippen molar-refractivity contribution in [3.8, 4) is 0 Å². The monoisotopic (exact) mass is 211 g/mol. The minimum atomic E-state index is -0.401. The Balaban J connectivity index is 0.000000461. The first-order valence-corrected chi connectivity index (χ1v) is 4.96. The molecule has 0 saturated carbocycles. The van der Waals surface area contributed by atoms with Crippen LogP contribution in [0, 0.1) is 0 Å². The molecule has 76 valence electrons. The van der Waals surface area contributed by atoms with Gasteiger partial charge in [0.25, 0.3) is 0 Å². The molecule has 1 aliphatic heterocycles. The Labute approximate surface area is 88.9 Å². The largest absolute Gasteiger partial charge is 0.444 e. The Morgan fingerprint density at radius 2 is 2.14 bits per heavy atom. The normalized spacial score (nSPS) is 12.9. The minimum Gasteiger partial charge on any atom is -0.444 e. The molecule has 3 nitrogen and oxygen atoms in total. The van der Waals surface area contributed by atoms with Crippen LogP contribution < -0.4 is 5.32 Å². The zero-order chi connectivity index (χ0) is 10.6. The van der Waals surface area contributed by atoms with Crippen LogP contribution in [0.5, 0.6) is 0 Å². The number of amides is 1. The van der Waals surface area contributed by atoms with Crippen molar-refractivity contribution >= 4 is 24.4 Å². The average molecular weight is 211 g/mol. The number of ether oxygens (including phenoxy) is 1. The summed E-state index contributed by atoms with van der Waals surface area (Å²) in [4.78, 5) is 11.6. The third-order valence-electron chi connectivity index (χ3n) is 1.69. The van der Waals surface area contributed by atoms with Gasteiger partial charge in [0, 0.05) is 10.5 Å². The van der Waals surface area contributed by atoms with Crippen LogP contribution in [0.3, 0.4) is 0 Å². The van der Waals surface area contributed by atoms with Gasteiger partial charge < -0.3 is 4.74 Å². The first-order chi connectivity index (χ1) is 6.75. The fourth-order valence-corrected chi connectivity index (χ4v) is 1.30. The van der Waals surface area contributed by atoms with Gasteiger partial charge in [0.05, 0.1) is 5.69 Å². The van der Waals surface area contributed by atoms with Gasteiger partial charge in [-0.15, -0.1) is 12.6 Å². The molecule has 0 aliphatic carbocycles. The average Bonchev–Trinajstić information content (AvgIpc) is 2.20. The third kappa shape index (κ3) is 2.42. The van der Waals surface area contributed by atoms with Crippen molar-refractivity contribution in [2.75, 3.05) is 5.32 Å². The van der Waals surface area contributed by atoms with Gasteiger partial charge in [-0.3, -0.25) is 5.32 Å². The van der Waals surface area contributed by atoms with Crippen molar-refractivity contribution in [3.05, 3.63) is 23.8 Å². The minimum absolute atomic E-state index is 0.342. The molecule has 1 heterocycles. The summed E-state index contributed by atoms with van der Waals surface area (Å²) in [5.74, 6) is 0. The summed E-state index contributed by atoms with van der Waals surface area (Å²) < 4.78 is 4.77. The Hall–Kier alpha value is -1.16. The van der Waals surface area contributed by atoms with Crippen molar-refractivity contribution in [1.29, 1.82) is 0 Å². The number of fused-ring (bicyclic) bond motifs is 1. The second kappa shape index (κ2) is 4.91. The Morgan fingerprint density at radius 1 is 1.43 bits per heavy atom. The highest BCUT2D eigenvalue weighted by molar-refractivity contribution is 7.80. The standard InChI is InChI=1S/C8H7NO2S.C2H6/c10-8-9-7-3-6(12)2-1-5(7)4-11-8;1-2/h1-3,12H,4H2,(H,9,10);1-2H3. The number of benzene rings is 1. The van der Waals surface area contributed by atoms with Crippen LogP contribution >= 0.6 is 12.6 Å². The van der Waals surface area contributed by atoms with Crippen LogP contribution in [-0.4, -0.2) is 6.09 Å². The van der Waals surface area contributed by atoms with Crippen LogP contribution in [0.4, 0.5) is 10.5 Å². The van der Waals surface area contributed by atoms with Crippen molar-refractivity contribution in [3.63, 3.8) is 0 Å². The van der Waals surface area contributed by atoms with Crippen LogP contribution in [0.1, 0.15) is 19.4 Å². The van der Waals surface area contributed by atoms with Crippen molar-refractivity contribution in [2.24, 2.45) is 0 Å². The van der Waals surface area contributed by atoms with E-state index in [0.29, 0.717) is 6.61 Å². The van der Waals surface area contributed by atoms with Gasteiger partial charge in [-0.05, 0) is 12.1 Å². The van der Waals surface area contributed by atoms with Gasteiger partial charge in [0.2, 0.25) is 0 Å². The Morgan fingerprint density at radius 3 is 2.86 bits per heavy atom. The van der Waals surface area contributed by atoms with Crippen molar-refractivity contribution in [1.82, 2.24) is 0 Å². The highest BCUT2D eigenvalue weighted by Gasteiger charge is 2.14. The van der Waals surface area contributed by atoms with E-state index in [4.69, 9.17) is 4.74 Å². The molecule has 1 aliphatic rings. The predicted octanol–water partition coefficient (Wildman–Crippen LogP) is 3.06. The maximum atomic E-state index is 10.8. The summed E-state index contributed by atoms with van der Waals surface area (Å²) in [6.07, 6.45) is -0.401. The molecule has 0 atom stereocenters. The van der Waals surface area contributed by atoms with E-state index in [-0.39, 0.29) is 0 Å². The van der Waals surface area contributed by atoms with Crippen LogP contribution in [0.15, 0.2) is 23.1 Å². The van der Waals surface area contributed by atoms with Gasteiger partial charge in [-0.25, -0.2) is 4.79 Å². The number of hydrogen-bond donors (Lipinski definition) is 2. The molecule has 0 saturated heterocycles. The van der Waals surface area contributed by atoms with Gasteiger partial charge >= 0.3 is 6.09 Å². The molecule has 1 aromatic carbocycles. The molecule has 0 spiro atoms. The predicted molar refractivity (Wildman–Crippen MR) is 58.8 cm³/mol. The summed E-state index contributed by atoms with van der Waals surface area (Å²) >= 11 is 4.16. The highest BCUT2D eigenvalue weighted by atomic mass is 32.1. The van der Waals surface area contributed by atoms with Crippen molar-refractivity contribution < 1.29 is 9.53 Å². The second-order valence-electron chi connectivity index (χ2n) is 2.54. The molecule has 1 amide bonds. The van der Waals surface area contributed by atoms with E-state index >= 15 is 0 Å². The fourth-order valence-electron chi connectivity index (χ4n) is 1.10. The molecule has 0 aromatic heterocycles. The number of nitrogens with one attached hydrogen (secondary N) is 1. The smallest absolute Gasteiger partial charge is 0.411 e. The lowest BCUT2D eigenvalue weighted by molar-refractivity contribution is 0.151. The summed E-state index contributed by atoms with van der Waals surface area (Å²) in [6, 6.07) is 5.55. The lowest BCUT2D eigenvalue weighted by Gasteiger charge is -2.17. The summed E-state index contributed by atoms with van der Waals surface area (Å²) in [7, 11) is 0. The summed E-state index contributed by atoms with van der Waals surface area (Å²) in [6.45, 7) is 4.34. The van der Waals surface area contributed by atoms with E-state index in [0.717, 1.165) is 16.1 Å². The molecule has 1 N–H and O–H groups in total. The number of carbonyl (C=O) groups excluding carboxylic acids is 1. The molecule has 0 unspecified atom stereocenters. The molecule has 0 fully saturated rings. The molecular formula is C10H13NO2S. The summed E-state index contributed by atoms with van der Waals surface area (Å²) in [5, 5.41) is 2.59. The van der Waals surface area contributed by atoms with Crippen LogP contribution in [-0.2, 0) is 11.3 Å². The van der Waals surface area contributed by atoms with E-state index in [2.05, 4.69) is 17.9 Å². The zero-order valence-corrected chi connectivity index (χ0v) is 9.10. The maximum Gasteiger partial charge on any atom is 0.411 e. The van der Waals surface area contributed by atoms with E-state index in [1.165, 1.54) is 0 Å². The topological polar surface area (TPSA) is 38.3 Å². The third-order valence-corrected chi connectivity index (χ3v) is 1.97. The molecule has 2 rings (SSSR count). The lowest BCUT2D eigenvalue weighted by atomic mass is 10.2. The number of hydrogen-bond acceptors (Lipinski definition) is 3. The van der Waals surface area contributed by atoms with Gasteiger partial charge in [0.15, 0.2) is 0 Å². The molecule has 1 aromatic rings. The molecule has 0 radical (unpaired) electrons. The first kappa shape index (κ1) is 10.9. The quantitative estimate of drug-likeness (QED) is 0.647. The number of rotatable bonds is 0. The maximum absolute atomic E-state index is 10.8. The number of thiol groups is 1. The van der Waals surface area contributed by atoms with Gasteiger partial charge in [-0.2, -0.15) is 0 Å². The molecule has 0 bridgehead atoms. The van der Waals surface area contributed by atoms with Crippen LogP contribution in [0.2, 0.25) is 0 Å². The Kier molecular flexibility index (Phi) is 3.83. The van der Waals surface area contributed by atoms with Crippen molar-refractivity contribution in [2.45, 2.75) is 25.3 Å².